The van der Waals surface area contributed by atoms with E-state index in [2.05, 4.69) is 40.7 Å². The number of aliphatic hydroxyl groups is 6. The molecule has 2 aliphatic heterocycles. The maximum atomic E-state index is 14.0. The molecule has 54 heavy (non-hydrogen) atoms. The van der Waals surface area contributed by atoms with Crippen LogP contribution in [-0.4, -0.2) is 118 Å². The van der Waals surface area contributed by atoms with Crippen LogP contribution in [0.5, 0.6) is 0 Å². The summed E-state index contributed by atoms with van der Waals surface area (Å²) in [7, 11) is 1.44. The fraction of sp³-hybridized carbons (Fsp3) is 0.902. The predicted octanol–water partition coefficient (Wildman–Crippen LogP) is 2.75. The monoisotopic (exact) mass is 764 g/mol. The van der Waals surface area contributed by atoms with Crippen LogP contribution in [-0.2, 0) is 33.3 Å². The minimum atomic E-state index is -1.59. The van der Waals surface area contributed by atoms with Gasteiger partial charge in [0.25, 0.3) is 0 Å². The van der Waals surface area contributed by atoms with Crippen molar-refractivity contribution >= 4 is 11.9 Å². The number of hydrogen-bond acceptors (Lipinski definition) is 13. The number of fused-ring (bicyclic) bond motifs is 7. The Morgan fingerprint density at radius 1 is 0.722 bits per heavy atom. The molecule has 7 rings (SSSR count). The van der Waals surface area contributed by atoms with Crippen LogP contribution in [0.25, 0.3) is 0 Å². The second-order valence-electron chi connectivity index (χ2n) is 19.7. The van der Waals surface area contributed by atoms with E-state index in [1.807, 2.05) is 6.92 Å². The molecule has 5 aliphatic carbocycles. The zero-order valence-corrected chi connectivity index (χ0v) is 33.0. The quantitative estimate of drug-likeness (QED) is 0.136. The van der Waals surface area contributed by atoms with Gasteiger partial charge in [-0.1, -0.05) is 46.3 Å². The Labute approximate surface area is 318 Å². The maximum absolute atomic E-state index is 14.0. The van der Waals surface area contributed by atoms with Crippen LogP contribution in [0.2, 0.25) is 0 Å². The SMILES string of the molecule is COC(=O)[C@]12CC[C@@](C)(C(=O)O[C@@H]3OC[C@@H](O)[C@H](O)[C@H]3O)C[C@H]1C1=CC[C@@H]3[C@@]4(C)CC[C@H](O[C@@H]5OC[C@@H](O)[C@H](O)[C@H]5O)C(C)(C)[C@@H]4CC[C@@]3(C)[C@]1(C)CC2. The first kappa shape index (κ1) is 40.5. The van der Waals surface area contributed by atoms with E-state index in [9.17, 15) is 40.2 Å². The number of hydrogen-bond donors (Lipinski definition) is 6. The largest absolute Gasteiger partial charge is 0.469 e. The molecule has 0 amide bonds. The van der Waals surface area contributed by atoms with Gasteiger partial charge >= 0.3 is 11.9 Å². The Kier molecular flexibility index (Phi) is 10.3. The highest BCUT2D eigenvalue weighted by Gasteiger charge is 2.70. The van der Waals surface area contributed by atoms with Gasteiger partial charge in [-0.25, -0.2) is 0 Å². The molecule has 6 fully saturated rings. The van der Waals surface area contributed by atoms with Crippen LogP contribution < -0.4 is 0 Å². The highest BCUT2D eigenvalue weighted by atomic mass is 16.7. The van der Waals surface area contributed by atoms with Crippen molar-refractivity contribution in [3.8, 4) is 0 Å². The number of ether oxygens (including phenoxy) is 5. The molecule has 13 nitrogen and oxygen atoms in total. The molecule has 0 radical (unpaired) electrons. The lowest BCUT2D eigenvalue weighted by Crippen LogP contribution is -2.66. The van der Waals surface area contributed by atoms with E-state index >= 15 is 0 Å². The van der Waals surface area contributed by atoms with Crippen LogP contribution in [0, 0.1) is 50.2 Å². The van der Waals surface area contributed by atoms with Crippen molar-refractivity contribution in [2.45, 2.75) is 161 Å². The number of aliphatic hydroxyl groups excluding tert-OH is 6. The van der Waals surface area contributed by atoms with Crippen LogP contribution >= 0.6 is 0 Å². The van der Waals surface area contributed by atoms with Crippen molar-refractivity contribution < 1.29 is 63.9 Å². The summed E-state index contributed by atoms with van der Waals surface area (Å²) < 4.78 is 28.8. The molecular formula is C41H64O13. The van der Waals surface area contributed by atoms with Gasteiger partial charge in [-0.3, -0.25) is 9.59 Å². The summed E-state index contributed by atoms with van der Waals surface area (Å²) in [6.45, 7) is 13.2. The second-order valence-corrected chi connectivity index (χ2v) is 19.7. The molecule has 306 valence electrons. The highest BCUT2D eigenvalue weighted by Crippen LogP contribution is 2.76. The second kappa shape index (κ2) is 13.7. The van der Waals surface area contributed by atoms with E-state index in [0.717, 1.165) is 38.5 Å². The molecule has 2 saturated heterocycles. The molecule has 17 atom stereocenters. The standard InChI is InChI=1S/C41H64O13/c1-36(2)25-10-13-40(6)26(38(25,4)12-11-27(36)53-32-30(46)28(44)23(42)19-51-32)9-8-21-22-18-37(3,34(48)54-33-31(47)29(45)24(43)20-52-33)14-16-41(22,35(49)50-7)17-15-39(21,40)5/h8,22-33,42-47H,9-20H2,1-7H3/t22-,23+,24+,25-,26+,27-,28-,29-,30+,31+,32-,33-,37+,38-,39+,40+,41-/m0/s1. The average molecular weight is 765 g/mol. The van der Waals surface area contributed by atoms with Gasteiger partial charge in [-0.15, -0.1) is 0 Å². The first-order valence-corrected chi connectivity index (χ1v) is 20.2. The van der Waals surface area contributed by atoms with E-state index < -0.39 is 66.0 Å². The average Bonchev–Trinajstić information content (AvgIpc) is 3.12. The van der Waals surface area contributed by atoms with Crippen molar-refractivity contribution in [3.05, 3.63) is 11.6 Å². The van der Waals surface area contributed by atoms with Crippen LogP contribution in [0.3, 0.4) is 0 Å². The molecule has 13 heteroatoms. The minimum Gasteiger partial charge on any atom is -0.469 e. The molecule has 0 aromatic carbocycles. The molecule has 2 heterocycles. The summed E-state index contributed by atoms with van der Waals surface area (Å²) in [5.41, 5.74) is -1.23. The molecule has 0 spiro atoms. The molecule has 0 unspecified atom stereocenters. The van der Waals surface area contributed by atoms with Gasteiger partial charge in [-0.2, -0.15) is 0 Å². The molecule has 0 aromatic rings. The van der Waals surface area contributed by atoms with Crippen molar-refractivity contribution in [2.75, 3.05) is 20.3 Å². The minimum absolute atomic E-state index is 0.0378. The lowest BCUT2D eigenvalue weighted by Gasteiger charge is -2.71. The van der Waals surface area contributed by atoms with Crippen molar-refractivity contribution in [1.82, 2.24) is 0 Å². The number of carbonyl (C=O) groups is 2. The smallest absolute Gasteiger partial charge is 0.314 e. The van der Waals surface area contributed by atoms with Gasteiger partial charge in [0.2, 0.25) is 6.29 Å². The zero-order chi connectivity index (χ0) is 39.4. The van der Waals surface area contributed by atoms with E-state index in [1.54, 1.807) is 0 Å². The highest BCUT2D eigenvalue weighted by molar-refractivity contribution is 5.81. The number of carbonyl (C=O) groups excluding carboxylic acids is 2. The van der Waals surface area contributed by atoms with E-state index in [0.29, 0.717) is 37.5 Å². The first-order valence-electron chi connectivity index (χ1n) is 20.2. The van der Waals surface area contributed by atoms with E-state index in [1.165, 1.54) is 12.7 Å². The van der Waals surface area contributed by atoms with E-state index in [-0.39, 0.29) is 52.9 Å². The summed E-state index contributed by atoms with van der Waals surface area (Å²) in [6.07, 6.45) is -1.34. The topological polar surface area (TPSA) is 202 Å². The van der Waals surface area contributed by atoms with Crippen molar-refractivity contribution in [3.63, 3.8) is 0 Å². The summed E-state index contributed by atoms with van der Waals surface area (Å²) in [6, 6.07) is 0. The molecule has 0 aromatic heterocycles. The Morgan fingerprint density at radius 3 is 1.98 bits per heavy atom. The molecule has 6 N–H and O–H groups in total. The summed E-state index contributed by atoms with van der Waals surface area (Å²) >= 11 is 0. The third kappa shape index (κ3) is 5.80. The van der Waals surface area contributed by atoms with Gasteiger partial charge in [-0.05, 0) is 111 Å². The number of allylic oxidation sites excluding steroid dienone is 2. The van der Waals surface area contributed by atoms with Crippen molar-refractivity contribution in [1.29, 1.82) is 0 Å². The lowest BCUT2D eigenvalue weighted by atomic mass is 9.33. The molecule has 0 bridgehead atoms. The third-order valence-corrected chi connectivity index (χ3v) is 16.9. The molecule has 7 aliphatic rings. The van der Waals surface area contributed by atoms with Gasteiger partial charge in [0.1, 0.15) is 36.6 Å². The van der Waals surface area contributed by atoms with Crippen LogP contribution in [0.4, 0.5) is 0 Å². The maximum Gasteiger partial charge on any atom is 0.314 e. The first-order chi connectivity index (χ1) is 25.2. The summed E-state index contributed by atoms with van der Waals surface area (Å²) in [4.78, 5) is 27.9. The Hall–Kier alpha value is -1.68. The third-order valence-electron chi connectivity index (χ3n) is 16.9. The Morgan fingerprint density at radius 2 is 1.33 bits per heavy atom. The van der Waals surface area contributed by atoms with Crippen LogP contribution in [0.1, 0.15) is 106 Å². The predicted molar refractivity (Wildman–Crippen MR) is 192 cm³/mol. The van der Waals surface area contributed by atoms with Gasteiger partial charge in [0, 0.05) is 0 Å². The molecule has 4 saturated carbocycles. The fourth-order valence-electron chi connectivity index (χ4n) is 13.2. The normalized spacial score (nSPS) is 52.7. The number of esters is 2. The summed E-state index contributed by atoms with van der Waals surface area (Å²) in [5.74, 6) is -0.430. The van der Waals surface area contributed by atoms with Gasteiger partial charge in [0.05, 0.1) is 37.3 Å². The van der Waals surface area contributed by atoms with Crippen molar-refractivity contribution in [2.24, 2.45) is 50.2 Å². The zero-order valence-electron chi connectivity index (χ0n) is 33.0. The van der Waals surface area contributed by atoms with Crippen LogP contribution in [0.15, 0.2) is 11.6 Å². The molecular weight excluding hydrogens is 700 g/mol. The van der Waals surface area contributed by atoms with Gasteiger partial charge < -0.3 is 54.3 Å². The number of methoxy groups -OCH3 is 1. The van der Waals surface area contributed by atoms with Gasteiger partial charge in [0.15, 0.2) is 6.29 Å². The summed E-state index contributed by atoms with van der Waals surface area (Å²) in [5, 5.41) is 61.6. The fourth-order valence-corrected chi connectivity index (χ4v) is 13.2. The Balaban J connectivity index is 1.16. The lowest BCUT2D eigenvalue weighted by molar-refractivity contribution is -0.308. The van der Waals surface area contributed by atoms with E-state index in [4.69, 9.17) is 23.7 Å². The Bertz CT molecular complexity index is 1500. The number of rotatable bonds is 5.